The fourth-order valence-corrected chi connectivity index (χ4v) is 4.95. The number of hydrogen-bond acceptors (Lipinski definition) is 7. The van der Waals surface area contributed by atoms with Gasteiger partial charge in [-0.3, -0.25) is 9.88 Å². The normalized spacial score (nSPS) is 22.9. The molecule has 4 heterocycles. The monoisotopic (exact) mass is 416 g/mol. The van der Waals surface area contributed by atoms with E-state index in [0.29, 0.717) is 6.04 Å². The Bertz CT molecular complexity index is 726. The zero-order chi connectivity index (χ0) is 21.1. The molecule has 0 aliphatic carbocycles. The summed E-state index contributed by atoms with van der Waals surface area (Å²) in [5.74, 6) is 0.950. The van der Waals surface area contributed by atoms with Crippen LogP contribution in [-0.4, -0.2) is 101 Å². The summed E-state index contributed by atoms with van der Waals surface area (Å²) in [6.45, 7) is 15.3. The van der Waals surface area contributed by atoms with Gasteiger partial charge in [-0.2, -0.15) is 0 Å². The lowest BCUT2D eigenvalue weighted by Gasteiger charge is -2.38. The zero-order valence-electron chi connectivity index (χ0n) is 18.7. The summed E-state index contributed by atoms with van der Waals surface area (Å²) in [6, 6.07) is 0.631. The highest BCUT2D eigenvalue weighted by Gasteiger charge is 2.47. The summed E-state index contributed by atoms with van der Waals surface area (Å²) in [5.41, 5.74) is 0.625. The molecule has 0 bridgehead atoms. The van der Waals surface area contributed by atoms with Crippen LogP contribution in [-0.2, 0) is 4.74 Å². The summed E-state index contributed by atoms with van der Waals surface area (Å²) >= 11 is 0. The number of hydrogen-bond donors (Lipinski definition) is 0. The molecule has 0 atom stereocenters. The van der Waals surface area contributed by atoms with E-state index in [9.17, 15) is 4.79 Å². The highest BCUT2D eigenvalue weighted by molar-refractivity contribution is 5.70. The molecule has 4 rings (SSSR count). The number of ether oxygens (including phenoxy) is 1. The van der Waals surface area contributed by atoms with Crippen molar-refractivity contribution in [1.82, 2.24) is 24.7 Å². The van der Waals surface area contributed by atoms with Crippen LogP contribution in [0.2, 0.25) is 0 Å². The second-order valence-electron chi connectivity index (χ2n) is 9.25. The van der Waals surface area contributed by atoms with Crippen molar-refractivity contribution >= 4 is 11.9 Å². The third-order valence-electron chi connectivity index (χ3n) is 6.91. The predicted molar refractivity (Wildman–Crippen MR) is 117 cm³/mol. The maximum atomic E-state index is 12.5. The number of nitrogens with zero attached hydrogens (tertiary/aromatic N) is 6. The highest BCUT2D eigenvalue weighted by atomic mass is 16.6. The summed E-state index contributed by atoms with van der Waals surface area (Å²) in [4.78, 5) is 30.6. The predicted octanol–water partition coefficient (Wildman–Crippen LogP) is 1.99. The van der Waals surface area contributed by atoms with Crippen molar-refractivity contribution in [3.05, 3.63) is 18.1 Å². The lowest BCUT2D eigenvalue weighted by molar-refractivity contribution is 0.0365. The van der Waals surface area contributed by atoms with E-state index in [1.54, 1.807) is 12.4 Å². The van der Waals surface area contributed by atoms with Gasteiger partial charge in [-0.15, -0.1) is 0 Å². The third-order valence-corrected chi connectivity index (χ3v) is 6.91. The topological polar surface area (TPSA) is 65.0 Å². The molecule has 166 valence electrons. The van der Waals surface area contributed by atoms with Gasteiger partial charge in [0.2, 0.25) is 0 Å². The molecule has 0 aromatic carbocycles. The van der Waals surface area contributed by atoms with Gasteiger partial charge in [0.15, 0.2) is 0 Å². The standard InChI is InChI=1S/C22H36N6O2/c1-18(2)26-15-13-25(14-16-26)9-4-10-28-17-22(30-21(28)29)5-11-27(12-6-22)20-19(3)23-7-8-24-20/h7-8,18H,4-6,9-17H2,1-3H3. The van der Waals surface area contributed by atoms with Gasteiger partial charge in [0.1, 0.15) is 11.4 Å². The van der Waals surface area contributed by atoms with Gasteiger partial charge in [0.25, 0.3) is 0 Å². The van der Waals surface area contributed by atoms with Crippen molar-refractivity contribution in [3.63, 3.8) is 0 Å². The summed E-state index contributed by atoms with van der Waals surface area (Å²) in [5, 5.41) is 0. The molecule has 8 heteroatoms. The summed E-state index contributed by atoms with van der Waals surface area (Å²) in [7, 11) is 0. The number of carbonyl (C=O) groups is 1. The van der Waals surface area contributed by atoms with Gasteiger partial charge >= 0.3 is 6.09 Å². The maximum absolute atomic E-state index is 12.5. The molecule has 3 aliphatic rings. The van der Waals surface area contributed by atoms with E-state index in [0.717, 1.165) is 89.7 Å². The Balaban J connectivity index is 1.22. The maximum Gasteiger partial charge on any atom is 0.410 e. The minimum Gasteiger partial charge on any atom is -0.441 e. The molecule has 1 aromatic rings. The van der Waals surface area contributed by atoms with Crippen LogP contribution in [0.15, 0.2) is 12.4 Å². The van der Waals surface area contributed by atoms with Gasteiger partial charge in [0.05, 0.1) is 12.2 Å². The second kappa shape index (κ2) is 9.06. The Morgan fingerprint density at radius 1 is 1.03 bits per heavy atom. The van der Waals surface area contributed by atoms with Crippen LogP contribution in [0.5, 0.6) is 0 Å². The molecule has 3 aliphatic heterocycles. The third kappa shape index (κ3) is 4.70. The molecular formula is C22H36N6O2. The van der Waals surface area contributed by atoms with Gasteiger partial charge < -0.3 is 19.4 Å². The lowest BCUT2D eigenvalue weighted by atomic mass is 9.91. The molecule has 3 fully saturated rings. The van der Waals surface area contributed by atoms with Crippen LogP contribution in [0.1, 0.15) is 38.8 Å². The molecule has 0 radical (unpaired) electrons. The van der Waals surface area contributed by atoms with Gasteiger partial charge in [-0.05, 0) is 33.7 Å². The minimum atomic E-state index is -0.327. The van der Waals surface area contributed by atoms with Crippen LogP contribution < -0.4 is 4.90 Å². The molecule has 3 saturated heterocycles. The van der Waals surface area contributed by atoms with Crippen LogP contribution in [0.3, 0.4) is 0 Å². The first-order valence-electron chi connectivity index (χ1n) is 11.4. The van der Waals surface area contributed by atoms with Crippen molar-refractivity contribution in [2.24, 2.45) is 0 Å². The Morgan fingerprint density at radius 2 is 1.73 bits per heavy atom. The average molecular weight is 417 g/mol. The smallest absolute Gasteiger partial charge is 0.410 e. The number of aromatic nitrogens is 2. The second-order valence-corrected chi connectivity index (χ2v) is 9.25. The Hall–Kier alpha value is -1.93. The molecule has 30 heavy (non-hydrogen) atoms. The fraction of sp³-hybridized carbons (Fsp3) is 0.773. The van der Waals surface area contributed by atoms with Crippen LogP contribution >= 0.6 is 0 Å². The fourth-order valence-electron chi connectivity index (χ4n) is 4.95. The Labute approximate surface area is 180 Å². The number of carbonyl (C=O) groups excluding carboxylic acids is 1. The Morgan fingerprint density at radius 3 is 2.40 bits per heavy atom. The number of amides is 1. The van der Waals surface area contributed by atoms with Gasteiger partial charge in [-0.1, -0.05) is 0 Å². The molecule has 1 aromatic heterocycles. The number of piperidine rings is 1. The first-order valence-corrected chi connectivity index (χ1v) is 11.4. The van der Waals surface area contributed by atoms with Crippen molar-refractivity contribution in [2.75, 3.05) is 63.8 Å². The van der Waals surface area contributed by atoms with E-state index in [4.69, 9.17) is 4.74 Å². The van der Waals surface area contributed by atoms with Crippen molar-refractivity contribution in [1.29, 1.82) is 0 Å². The largest absolute Gasteiger partial charge is 0.441 e. The zero-order valence-corrected chi connectivity index (χ0v) is 18.7. The average Bonchev–Trinajstić information content (AvgIpc) is 3.04. The summed E-state index contributed by atoms with van der Waals surface area (Å²) in [6.07, 6.45) is 6.05. The number of rotatable bonds is 6. The first kappa shape index (κ1) is 21.3. The molecule has 1 spiro atoms. The molecule has 8 nitrogen and oxygen atoms in total. The lowest BCUT2D eigenvalue weighted by Crippen LogP contribution is -2.49. The molecule has 0 N–H and O–H groups in total. The number of aryl methyl sites for hydroxylation is 1. The van der Waals surface area contributed by atoms with Crippen molar-refractivity contribution in [3.8, 4) is 0 Å². The summed E-state index contributed by atoms with van der Waals surface area (Å²) < 4.78 is 5.90. The van der Waals surface area contributed by atoms with Crippen molar-refractivity contribution < 1.29 is 9.53 Å². The van der Waals surface area contributed by atoms with E-state index in [2.05, 4.69) is 38.5 Å². The molecule has 1 amide bonds. The number of anilines is 1. The van der Waals surface area contributed by atoms with Gasteiger partial charge in [-0.25, -0.2) is 9.78 Å². The van der Waals surface area contributed by atoms with Crippen LogP contribution in [0.4, 0.5) is 10.6 Å². The minimum absolute atomic E-state index is 0.135. The number of piperazine rings is 1. The quantitative estimate of drug-likeness (QED) is 0.703. The van der Waals surface area contributed by atoms with Gasteiger partial charge in [0, 0.05) is 77.1 Å². The van der Waals surface area contributed by atoms with E-state index in [-0.39, 0.29) is 11.7 Å². The van der Waals surface area contributed by atoms with E-state index >= 15 is 0 Å². The van der Waals surface area contributed by atoms with E-state index in [1.165, 1.54) is 0 Å². The Kier molecular flexibility index (Phi) is 6.43. The van der Waals surface area contributed by atoms with Crippen LogP contribution in [0, 0.1) is 6.92 Å². The van der Waals surface area contributed by atoms with E-state index < -0.39 is 0 Å². The van der Waals surface area contributed by atoms with E-state index in [1.807, 2.05) is 11.8 Å². The molecular weight excluding hydrogens is 380 g/mol. The van der Waals surface area contributed by atoms with Crippen LogP contribution in [0.25, 0.3) is 0 Å². The molecule has 0 saturated carbocycles. The SMILES string of the molecule is Cc1nccnc1N1CCC2(CC1)CN(CCCN1CCN(C(C)C)CC1)C(=O)O2. The molecule has 0 unspecified atom stereocenters. The highest BCUT2D eigenvalue weighted by Crippen LogP contribution is 2.34. The first-order chi connectivity index (χ1) is 14.5. The van der Waals surface area contributed by atoms with Crippen molar-refractivity contribution in [2.45, 2.75) is 51.7 Å².